The largest absolute Gasteiger partial charge is 0.382 e. The summed E-state index contributed by atoms with van der Waals surface area (Å²) in [4.78, 5) is 0. The van der Waals surface area contributed by atoms with Crippen molar-refractivity contribution >= 4 is 17.4 Å². The first-order valence-corrected chi connectivity index (χ1v) is 8.12. The van der Waals surface area contributed by atoms with E-state index in [-0.39, 0.29) is 11.4 Å². The van der Waals surface area contributed by atoms with Gasteiger partial charge >= 0.3 is 0 Å². The van der Waals surface area contributed by atoms with E-state index in [1.807, 2.05) is 0 Å². The number of nitrogens with one attached hydrogen (secondary N) is 1. The second-order valence-electron chi connectivity index (χ2n) is 5.37. The molecule has 1 aliphatic heterocycles. The number of anilines is 1. The lowest BCUT2D eigenvalue weighted by atomic mass is 10.1. The van der Waals surface area contributed by atoms with Gasteiger partial charge in [0, 0.05) is 17.7 Å². The molecular formula is C16H18ClN5O2. The van der Waals surface area contributed by atoms with Crippen LogP contribution in [-0.2, 0) is 15.9 Å². The predicted molar refractivity (Wildman–Crippen MR) is 90.1 cm³/mol. The van der Waals surface area contributed by atoms with Gasteiger partial charge in [-0.15, -0.1) is 10.2 Å². The minimum atomic E-state index is -0.124. The highest BCUT2D eigenvalue weighted by molar-refractivity contribution is 6.29. The molecule has 1 fully saturated rings. The fourth-order valence-corrected chi connectivity index (χ4v) is 2.60. The molecule has 24 heavy (non-hydrogen) atoms. The minimum absolute atomic E-state index is 0.124. The van der Waals surface area contributed by atoms with Crippen LogP contribution in [0.2, 0.25) is 5.15 Å². The van der Waals surface area contributed by atoms with E-state index in [1.54, 1.807) is 12.3 Å². The van der Waals surface area contributed by atoms with Crippen LogP contribution in [0, 0.1) is 11.8 Å². The quantitative estimate of drug-likeness (QED) is 0.822. The Morgan fingerprint density at radius 2 is 2.25 bits per heavy atom. The normalized spacial score (nSPS) is 17.3. The number of hydrogen-bond acceptors (Lipinski definition) is 6. The number of hydrogen-bond donors (Lipinski definition) is 2. The summed E-state index contributed by atoms with van der Waals surface area (Å²) in [6.07, 6.45) is 5.21. The number of H-pyrrole nitrogens is 1. The summed E-state index contributed by atoms with van der Waals surface area (Å²) in [6, 6.07) is 1.66. The molecule has 0 aromatic carbocycles. The predicted octanol–water partition coefficient (Wildman–Crippen LogP) is 2.19. The highest BCUT2D eigenvalue weighted by atomic mass is 35.5. The highest BCUT2D eigenvalue weighted by Crippen LogP contribution is 2.27. The van der Waals surface area contributed by atoms with Crippen LogP contribution in [0.15, 0.2) is 12.3 Å². The lowest BCUT2D eigenvalue weighted by molar-refractivity contribution is -0.154. The fraction of sp³-hybridized carbons (Fsp3) is 0.438. The van der Waals surface area contributed by atoms with Crippen molar-refractivity contribution in [1.29, 1.82) is 0 Å². The van der Waals surface area contributed by atoms with Gasteiger partial charge in [-0.1, -0.05) is 23.4 Å². The van der Waals surface area contributed by atoms with Crippen LogP contribution in [0.25, 0.3) is 11.1 Å². The average Bonchev–Trinajstić information content (AvgIpc) is 3.06. The Morgan fingerprint density at radius 3 is 3.08 bits per heavy atom. The third-order valence-corrected chi connectivity index (χ3v) is 3.86. The molecule has 8 heteroatoms. The maximum absolute atomic E-state index is 5.89. The van der Waals surface area contributed by atoms with Crippen LogP contribution < -0.4 is 5.73 Å². The van der Waals surface area contributed by atoms with Crippen molar-refractivity contribution in [2.45, 2.75) is 32.0 Å². The summed E-state index contributed by atoms with van der Waals surface area (Å²) in [6.45, 7) is 1.11. The van der Waals surface area contributed by atoms with Gasteiger partial charge in [0.25, 0.3) is 0 Å². The number of nitrogen functional groups attached to an aromatic ring is 1. The van der Waals surface area contributed by atoms with Crippen LogP contribution in [-0.4, -0.2) is 39.9 Å². The summed E-state index contributed by atoms with van der Waals surface area (Å²) in [5.74, 6) is 6.35. The number of aromatic nitrogens is 4. The molecule has 0 unspecified atom stereocenters. The van der Waals surface area contributed by atoms with Gasteiger partial charge < -0.3 is 15.2 Å². The van der Waals surface area contributed by atoms with Crippen molar-refractivity contribution in [2.75, 3.05) is 18.9 Å². The summed E-state index contributed by atoms with van der Waals surface area (Å²) >= 11 is 5.89. The molecule has 0 aliphatic carbocycles. The maximum Gasteiger partial charge on any atom is 0.158 e. The summed E-state index contributed by atoms with van der Waals surface area (Å²) in [7, 11) is 0. The number of rotatable bonds is 4. The van der Waals surface area contributed by atoms with E-state index in [4.69, 9.17) is 26.8 Å². The van der Waals surface area contributed by atoms with E-state index in [2.05, 4.69) is 32.2 Å². The Labute approximate surface area is 144 Å². The summed E-state index contributed by atoms with van der Waals surface area (Å²) in [5, 5.41) is 14.8. The zero-order valence-electron chi connectivity index (χ0n) is 13.1. The molecule has 3 N–H and O–H groups in total. The number of nitrogens with two attached hydrogens (primary N) is 1. The second-order valence-corrected chi connectivity index (χ2v) is 5.75. The van der Waals surface area contributed by atoms with E-state index in [0.717, 1.165) is 37.1 Å². The molecular weight excluding hydrogens is 330 g/mol. The van der Waals surface area contributed by atoms with Gasteiger partial charge in [0.15, 0.2) is 17.3 Å². The molecule has 0 saturated carbocycles. The monoisotopic (exact) mass is 347 g/mol. The molecule has 1 saturated heterocycles. The number of aromatic amines is 1. The Kier molecular flexibility index (Phi) is 5.64. The van der Waals surface area contributed by atoms with Crippen molar-refractivity contribution in [3.05, 3.63) is 23.1 Å². The van der Waals surface area contributed by atoms with E-state index < -0.39 is 0 Å². The van der Waals surface area contributed by atoms with E-state index in [9.17, 15) is 0 Å². The lowest BCUT2D eigenvalue weighted by Crippen LogP contribution is -2.22. The van der Waals surface area contributed by atoms with Crippen LogP contribution in [0.4, 0.5) is 5.82 Å². The zero-order chi connectivity index (χ0) is 16.8. The molecule has 0 radical (unpaired) electrons. The van der Waals surface area contributed by atoms with Gasteiger partial charge in [-0.3, -0.25) is 5.10 Å². The molecule has 0 amide bonds. The number of nitrogens with zero attached hydrogens (tertiary/aromatic N) is 3. The van der Waals surface area contributed by atoms with Crippen molar-refractivity contribution in [3.8, 4) is 23.0 Å². The third kappa shape index (κ3) is 4.23. The Balaban J connectivity index is 1.60. The highest BCUT2D eigenvalue weighted by Gasteiger charge is 2.13. The Bertz CT molecular complexity index is 746. The Hall–Kier alpha value is -2.14. The van der Waals surface area contributed by atoms with E-state index >= 15 is 0 Å². The van der Waals surface area contributed by atoms with Gasteiger partial charge in [-0.2, -0.15) is 5.10 Å². The standard InChI is InChI=1S/C16H18ClN5O2/c17-14-9-11(16(18)22-21-14)12-10-19-20-13(12)5-1-3-7-23-15-6-2-4-8-24-15/h9-10,15H,2,4-8H2,(H2,18,22)(H,19,20)/t15-/m1/s1. The molecule has 3 heterocycles. The molecule has 3 rings (SSSR count). The molecule has 1 aliphatic rings. The summed E-state index contributed by atoms with van der Waals surface area (Å²) in [5.41, 5.74) is 8.21. The first kappa shape index (κ1) is 16.7. The number of ether oxygens (including phenoxy) is 2. The van der Waals surface area contributed by atoms with Gasteiger partial charge in [0.1, 0.15) is 6.61 Å². The van der Waals surface area contributed by atoms with Crippen LogP contribution in [0.1, 0.15) is 25.0 Å². The van der Waals surface area contributed by atoms with Gasteiger partial charge in [0.2, 0.25) is 0 Å². The first-order valence-electron chi connectivity index (χ1n) is 7.74. The van der Waals surface area contributed by atoms with Crippen molar-refractivity contribution in [2.24, 2.45) is 0 Å². The maximum atomic E-state index is 5.89. The molecule has 7 nitrogen and oxygen atoms in total. The van der Waals surface area contributed by atoms with Crippen LogP contribution in [0.3, 0.4) is 0 Å². The SMILES string of the molecule is Nc1nnc(Cl)cc1-c1cn[nH]c1CC#CCO[C@H]1CCCCO1. The van der Waals surface area contributed by atoms with Crippen LogP contribution >= 0.6 is 11.6 Å². The van der Waals surface area contributed by atoms with Crippen molar-refractivity contribution in [3.63, 3.8) is 0 Å². The van der Waals surface area contributed by atoms with Crippen molar-refractivity contribution in [1.82, 2.24) is 20.4 Å². The van der Waals surface area contributed by atoms with Gasteiger partial charge in [-0.25, -0.2) is 0 Å². The van der Waals surface area contributed by atoms with E-state index in [1.165, 1.54) is 0 Å². The topological polar surface area (TPSA) is 98.9 Å². The molecule has 1 atom stereocenters. The fourth-order valence-electron chi connectivity index (χ4n) is 2.45. The molecule has 2 aromatic heterocycles. The molecule has 2 aromatic rings. The zero-order valence-corrected chi connectivity index (χ0v) is 13.8. The van der Waals surface area contributed by atoms with Crippen LogP contribution in [0.5, 0.6) is 0 Å². The lowest BCUT2D eigenvalue weighted by Gasteiger charge is -2.21. The van der Waals surface area contributed by atoms with Gasteiger partial charge in [0.05, 0.1) is 18.3 Å². The third-order valence-electron chi connectivity index (χ3n) is 3.67. The van der Waals surface area contributed by atoms with Gasteiger partial charge in [-0.05, 0) is 25.3 Å². The smallest absolute Gasteiger partial charge is 0.158 e. The number of halogens is 1. The molecule has 0 spiro atoms. The Morgan fingerprint density at radius 1 is 1.33 bits per heavy atom. The summed E-state index contributed by atoms with van der Waals surface area (Å²) < 4.78 is 11.1. The minimum Gasteiger partial charge on any atom is -0.382 e. The molecule has 0 bridgehead atoms. The van der Waals surface area contributed by atoms with E-state index in [0.29, 0.717) is 24.4 Å². The second kappa shape index (κ2) is 8.11. The average molecular weight is 348 g/mol. The first-order chi connectivity index (χ1) is 11.7. The molecule has 126 valence electrons. The van der Waals surface area contributed by atoms with Crippen molar-refractivity contribution < 1.29 is 9.47 Å².